The Morgan fingerprint density at radius 3 is 2.92 bits per heavy atom. The van der Waals surface area contributed by atoms with Gasteiger partial charge in [0, 0.05) is 12.1 Å². The second-order valence-electron chi connectivity index (χ2n) is 2.32. The van der Waals surface area contributed by atoms with Crippen molar-refractivity contribution < 1.29 is 5.11 Å². The molecule has 0 heterocycles. The molecular formula is C9H10ClNO. The molecule has 0 aromatic heterocycles. The second kappa shape index (κ2) is 4.14. The highest BCUT2D eigenvalue weighted by atomic mass is 35.5. The zero-order valence-corrected chi connectivity index (χ0v) is 7.25. The molecule has 0 radical (unpaired) electrons. The highest BCUT2D eigenvalue weighted by Gasteiger charge is 2.00. The first-order valence-electron chi connectivity index (χ1n) is 3.60. The molecule has 1 aromatic rings. The quantitative estimate of drug-likeness (QED) is 0.737. The van der Waals surface area contributed by atoms with E-state index in [0.29, 0.717) is 17.1 Å². The van der Waals surface area contributed by atoms with Gasteiger partial charge >= 0.3 is 0 Å². The maximum absolute atomic E-state index is 9.40. The Morgan fingerprint density at radius 2 is 2.25 bits per heavy atom. The molecule has 64 valence electrons. The number of rotatable bonds is 2. The Labute approximate surface area is 76.3 Å². The first-order valence-corrected chi connectivity index (χ1v) is 3.97. The van der Waals surface area contributed by atoms with E-state index in [1.54, 1.807) is 30.4 Å². The molecule has 0 saturated carbocycles. The van der Waals surface area contributed by atoms with Crippen LogP contribution in [0.15, 0.2) is 24.3 Å². The second-order valence-corrected chi connectivity index (χ2v) is 2.72. The van der Waals surface area contributed by atoms with Gasteiger partial charge in [0.15, 0.2) is 0 Å². The number of aromatic hydroxyl groups is 1. The molecule has 0 spiro atoms. The summed E-state index contributed by atoms with van der Waals surface area (Å²) in [4.78, 5) is 0. The third-order valence-electron chi connectivity index (χ3n) is 1.45. The van der Waals surface area contributed by atoms with Gasteiger partial charge in [-0.05, 0) is 6.07 Å². The van der Waals surface area contributed by atoms with Gasteiger partial charge < -0.3 is 10.8 Å². The number of hydrogen-bond donors (Lipinski definition) is 2. The molecule has 0 fully saturated rings. The fourth-order valence-corrected chi connectivity index (χ4v) is 1.04. The first kappa shape index (κ1) is 9.10. The van der Waals surface area contributed by atoms with Crippen molar-refractivity contribution in [2.45, 2.75) is 0 Å². The lowest BCUT2D eigenvalue weighted by atomic mass is 10.2. The van der Waals surface area contributed by atoms with Crippen molar-refractivity contribution in [1.82, 2.24) is 0 Å². The van der Waals surface area contributed by atoms with Crippen LogP contribution >= 0.6 is 11.6 Å². The molecule has 0 aliphatic carbocycles. The van der Waals surface area contributed by atoms with Gasteiger partial charge in [0.25, 0.3) is 0 Å². The molecule has 0 atom stereocenters. The van der Waals surface area contributed by atoms with E-state index in [1.165, 1.54) is 0 Å². The van der Waals surface area contributed by atoms with Crippen LogP contribution in [-0.4, -0.2) is 11.7 Å². The fourth-order valence-electron chi connectivity index (χ4n) is 0.862. The Balaban J connectivity index is 3.00. The monoisotopic (exact) mass is 183 g/mol. The molecule has 0 aliphatic rings. The lowest BCUT2D eigenvalue weighted by Gasteiger charge is -1.99. The summed E-state index contributed by atoms with van der Waals surface area (Å²) < 4.78 is 0. The summed E-state index contributed by atoms with van der Waals surface area (Å²) in [5, 5.41) is 9.76. The van der Waals surface area contributed by atoms with Crippen molar-refractivity contribution in [3.05, 3.63) is 34.9 Å². The predicted octanol–water partition coefficient (Wildman–Crippen LogP) is 2.02. The summed E-state index contributed by atoms with van der Waals surface area (Å²) in [6, 6.07) is 5.18. The van der Waals surface area contributed by atoms with Gasteiger partial charge in [-0.3, -0.25) is 0 Å². The molecule has 12 heavy (non-hydrogen) atoms. The van der Waals surface area contributed by atoms with E-state index in [0.717, 1.165) is 0 Å². The van der Waals surface area contributed by atoms with Gasteiger partial charge in [-0.25, -0.2) is 0 Å². The average Bonchev–Trinajstić information content (AvgIpc) is 2.08. The molecule has 0 saturated heterocycles. The van der Waals surface area contributed by atoms with Crippen LogP contribution in [0.25, 0.3) is 6.08 Å². The zero-order valence-electron chi connectivity index (χ0n) is 6.50. The Kier molecular flexibility index (Phi) is 3.14. The van der Waals surface area contributed by atoms with E-state index >= 15 is 0 Å². The van der Waals surface area contributed by atoms with E-state index in [-0.39, 0.29) is 5.75 Å². The molecule has 1 rings (SSSR count). The van der Waals surface area contributed by atoms with Crippen molar-refractivity contribution >= 4 is 17.7 Å². The molecule has 3 heteroatoms. The van der Waals surface area contributed by atoms with Crippen LogP contribution in [0, 0.1) is 0 Å². The van der Waals surface area contributed by atoms with Gasteiger partial charge in [-0.15, -0.1) is 0 Å². The normalized spacial score (nSPS) is 10.8. The van der Waals surface area contributed by atoms with Crippen LogP contribution in [0.3, 0.4) is 0 Å². The molecule has 2 nitrogen and oxygen atoms in total. The highest BCUT2D eigenvalue weighted by molar-refractivity contribution is 6.32. The molecular weight excluding hydrogens is 174 g/mol. The number of benzene rings is 1. The number of phenolic OH excluding ortho intramolecular Hbond substituents is 1. The summed E-state index contributed by atoms with van der Waals surface area (Å²) in [6.07, 6.45) is 3.49. The molecule has 3 N–H and O–H groups in total. The topological polar surface area (TPSA) is 46.2 Å². The Morgan fingerprint density at radius 1 is 1.50 bits per heavy atom. The van der Waals surface area contributed by atoms with Gasteiger partial charge in [0.2, 0.25) is 0 Å². The van der Waals surface area contributed by atoms with E-state index in [4.69, 9.17) is 17.3 Å². The summed E-state index contributed by atoms with van der Waals surface area (Å²) in [5.74, 6) is 0.101. The van der Waals surface area contributed by atoms with Gasteiger partial charge in [0.05, 0.1) is 5.02 Å². The number of hydrogen-bond acceptors (Lipinski definition) is 2. The lowest BCUT2D eigenvalue weighted by Crippen LogP contribution is -1.91. The van der Waals surface area contributed by atoms with Crippen LogP contribution in [0.1, 0.15) is 5.56 Å². The van der Waals surface area contributed by atoms with E-state index in [1.807, 2.05) is 0 Å². The first-order chi connectivity index (χ1) is 5.75. The minimum atomic E-state index is 0.101. The standard InChI is InChI=1S/C9H10ClNO/c10-8-5-1-3-7(9(8)12)4-2-6-11/h1-5,12H,6,11H2/b4-2+. The number of para-hydroxylation sites is 1. The van der Waals surface area contributed by atoms with Crippen LogP contribution in [0.4, 0.5) is 0 Å². The predicted molar refractivity (Wildman–Crippen MR) is 51.2 cm³/mol. The molecule has 1 aromatic carbocycles. The smallest absolute Gasteiger partial charge is 0.141 e. The number of nitrogens with two attached hydrogens (primary N) is 1. The molecule has 0 amide bonds. The summed E-state index contributed by atoms with van der Waals surface area (Å²) in [7, 11) is 0. The lowest BCUT2D eigenvalue weighted by molar-refractivity contribution is 0.474. The van der Waals surface area contributed by atoms with E-state index in [9.17, 15) is 5.11 Å². The highest BCUT2D eigenvalue weighted by Crippen LogP contribution is 2.27. The third-order valence-corrected chi connectivity index (χ3v) is 1.76. The average molecular weight is 184 g/mol. The third kappa shape index (κ3) is 2.00. The van der Waals surface area contributed by atoms with Gasteiger partial charge in [-0.2, -0.15) is 0 Å². The zero-order chi connectivity index (χ0) is 8.97. The number of phenols is 1. The van der Waals surface area contributed by atoms with Gasteiger partial charge in [-0.1, -0.05) is 35.9 Å². The number of halogens is 1. The maximum atomic E-state index is 9.40. The van der Waals surface area contributed by atoms with Crippen molar-refractivity contribution in [3.8, 4) is 5.75 Å². The Bertz CT molecular complexity index is 297. The summed E-state index contributed by atoms with van der Waals surface area (Å²) >= 11 is 5.68. The summed E-state index contributed by atoms with van der Waals surface area (Å²) in [5.41, 5.74) is 5.95. The maximum Gasteiger partial charge on any atom is 0.141 e. The minimum absolute atomic E-state index is 0.101. The fraction of sp³-hybridized carbons (Fsp3) is 0.111. The van der Waals surface area contributed by atoms with Gasteiger partial charge in [0.1, 0.15) is 5.75 Å². The SMILES string of the molecule is NC/C=C/c1cccc(Cl)c1O. The largest absolute Gasteiger partial charge is 0.506 e. The van der Waals surface area contributed by atoms with Crippen molar-refractivity contribution in [1.29, 1.82) is 0 Å². The van der Waals surface area contributed by atoms with Crippen LogP contribution < -0.4 is 5.73 Å². The van der Waals surface area contributed by atoms with Crippen LogP contribution in [0.2, 0.25) is 5.02 Å². The Hall–Kier alpha value is -0.990. The van der Waals surface area contributed by atoms with Crippen molar-refractivity contribution in [2.24, 2.45) is 5.73 Å². The van der Waals surface area contributed by atoms with Crippen LogP contribution in [0.5, 0.6) is 5.75 Å². The minimum Gasteiger partial charge on any atom is -0.506 e. The molecule has 0 unspecified atom stereocenters. The van der Waals surface area contributed by atoms with E-state index < -0.39 is 0 Å². The van der Waals surface area contributed by atoms with Crippen molar-refractivity contribution in [3.63, 3.8) is 0 Å². The molecule has 0 bridgehead atoms. The summed E-state index contributed by atoms with van der Waals surface area (Å²) in [6.45, 7) is 0.450. The van der Waals surface area contributed by atoms with Crippen molar-refractivity contribution in [2.75, 3.05) is 6.54 Å². The molecule has 0 aliphatic heterocycles. The van der Waals surface area contributed by atoms with E-state index in [2.05, 4.69) is 0 Å². The van der Waals surface area contributed by atoms with Crippen LogP contribution in [-0.2, 0) is 0 Å².